The largest absolute Gasteiger partial charge is 0.385 e. The number of carbonyl (C=O) groups is 1. The number of hydrogen-bond donors (Lipinski definition) is 1. The Bertz CT molecular complexity index is 446. The Morgan fingerprint density at radius 2 is 2.05 bits per heavy atom. The Hall–Kier alpha value is -1.62. The second-order valence-corrected chi connectivity index (χ2v) is 5.91. The zero-order chi connectivity index (χ0) is 15.8. The van der Waals surface area contributed by atoms with Crippen LogP contribution in [0.15, 0.2) is 18.3 Å². The van der Waals surface area contributed by atoms with Crippen LogP contribution in [0.25, 0.3) is 0 Å². The molecule has 0 saturated carbocycles. The molecule has 0 saturated heterocycles. The molecule has 0 aliphatic heterocycles. The van der Waals surface area contributed by atoms with Crippen molar-refractivity contribution in [3.63, 3.8) is 0 Å². The van der Waals surface area contributed by atoms with Gasteiger partial charge in [-0.3, -0.25) is 9.78 Å². The highest BCUT2D eigenvalue weighted by Gasteiger charge is 2.18. The molecule has 1 amide bonds. The van der Waals surface area contributed by atoms with Crippen molar-refractivity contribution in [2.45, 2.75) is 20.8 Å². The molecule has 5 heteroatoms. The molecule has 1 rings (SSSR count). The van der Waals surface area contributed by atoms with Crippen molar-refractivity contribution in [3.05, 3.63) is 24.0 Å². The lowest BCUT2D eigenvalue weighted by Crippen LogP contribution is -2.39. The SMILES string of the molecule is CCNc1ccnc(C(=O)N(CCN(C)C)CC(C)C)c1. The third kappa shape index (κ3) is 6.12. The van der Waals surface area contributed by atoms with E-state index in [9.17, 15) is 4.79 Å². The second kappa shape index (κ2) is 8.62. The van der Waals surface area contributed by atoms with Gasteiger partial charge in [0.15, 0.2) is 0 Å². The van der Waals surface area contributed by atoms with Crippen molar-refractivity contribution in [2.75, 3.05) is 45.6 Å². The fourth-order valence-corrected chi connectivity index (χ4v) is 2.06. The molecule has 0 aromatic carbocycles. The number of pyridine rings is 1. The molecule has 1 aromatic heterocycles. The Labute approximate surface area is 128 Å². The Morgan fingerprint density at radius 1 is 1.33 bits per heavy atom. The maximum Gasteiger partial charge on any atom is 0.272 e. The van der Waals surface area contributed by atoms with E-state index in [1.54, 1.807) is 6.20 Å². The summed E-state index contributed by atoms with van der Waals surface area (Å²) < 4.78 is 0. The average Bonchev–Trinajstić information content (AvgIpc) is 2.43. The molecule has 1 heterocycles. The maximum absolute atomic E-state index is 12.7. The lowest BCUT2D eigenvalue weighted by atomic mass is 10.2. The predicted octanol–water partition coefficient (Wildman–Crippen LogP) is 2.17. The lowest BCUT2D eigenvalue weighted by molar-refractivity contribution is 0.0719. The third-order valence-electron chi connectivity index (χ3n) is 3.05. The van der Waals surface area contributed by atoms with Crippen LogP contribution in [-0.4, -0.2) is 61.0 Å². The number of carbonyl (C=O) groups excluding carboxylic acids is 1. The summed E-state index contributed by atoms with van der Waals surface area (Å²) in [4.78, 5) is 20.9. The first-order valence-corrected chi connectivity index (χ1v) is 7.58. The van der Waals surface area contributed by atoms with Gasteiger partial charge in [-0.05, 0) is 39.1 Å². The van der Waals surface area contributed by atoms with E-state index < -0.39 is 0 Å². The number of rotatable bonds is 8. The summed E-state index contributed by atoms with van der Waals surface area (Å²) in [6, 6.07) is 3.71. The van der Waals surface area contributed by atoms with Gasteiger partial charge in [0.25, 0.3) is 5.91 Å². The number of amides is 1. The van der Waals surface area contributed by atoms with E-state index >= 15 is 0 Å². The molecule has 0 bridgehead atoms. The van der Waals surface area contributed by atoms with Crippen LogP contribution in [0.3, 0.4) is 0 Å². The van der Waals surface area contributed by atoms with Gasteiger partial charge in [-0.15, -0.1) is 0 Å². The summed E-state index contributed by atoms with van der Waals surface area (Å²) in [6.45, 7) is 9.43. The zero-order valence-electron chi connectivity index (χ0n) is 13.9. The van der Waals surface area contributed by atoms with Gasteiger partial charge in [0.2, 0.25) is 0 Å². The van der Waals surface area contributed by atoms with Crippen molar-refractivity contribution in [1.82, 2.24) is 14.8 Å². The van der Waals surface area contributed by atoms with Crippen LogP contribution >= 0.6 is 0 Å². The van der Waals surface area contributed by atoms with Gasteiger partial charge in [-0.2, -0.15) is 0 Å². The number of aromatic nitrogens is 1. The molecule has 21 heavy (non-hydrogen) atoms. The Morgan fingerprint density at radius 3 is 2.62 bits per heavy atom. The van der Waals surface area contributed by atoms with Crippen molar-refractivity contribution >= 4 is 11.6 Å². The number of nitrogens with one attached hydrogen (secondary N) is 1. The molecular weight excluding hydrogens is 264 g/mol. The van der Waals surface area contributed by atoms with Crippen LogP contribution in [-0.2, 0) is 0 Å². The molecule has 0 aliphatic rings. The molecule has 118 valence electrons. The number of anilines is 1. The van der Waals surface area contributed by atoms with Crippen LogP contribution in [0.2, 0.25) is 0 Å². The molecule has 0 fully saturated rings. The molecule has 0 spiro atoms. The van der Waals surface area contributed by atoms with Gasteiger partial charge in [0.05, 0.1) is 0 Å². The monoisotopic (exact) mass is 292 g/mol. The van der Waals surface area contributed by atoms with E-state index in [0.717, 1.165) is 31.9 Å². The van der Waals surface area contributed by atoms with E-state index in [1.807, 2.05) is 38.1 Å². The van der Waals surface area contributed by atoms with Gasteiger partial charge in [0.1, 0.15) is 5.69 Å². The van der Waals surface area contributed by atoms with Crippen molar-refractivity contribution in [1.29, 1.82) is 0 Å². The molecule has 0 aliphatic carbocycles. The molecule has 0 atom stereocenters. The smallest absolute Gasteiger partial charge is 0.272 e. The topological polar surface area (TPSA) is 48.5 Å². The van der Waals surface area contributed by atoms with Gasteiger partial charge < -0.3 is 15.1 Å². The minimum atomic E-state index is 0.00491. The summed E-state index contributed by atoms with van der Waals surface area (Å²) in [6.07, 6.45) is 1.69. The van der Waals surface area contributed by atoms with Crippen molar-refractivity contribution in [2.24, 2.45) is 5.92 Å². The molecule has 5 nitrogen and oxygen atoms in total. The van der Waals surface area contributed by atoms with Crippen LogP contribution in [0, 0.1) is 5.92 Å². The zero-order valence-corrected chi connectivity index (χ0v) is 13.9. The molecule has 0 unspecified atom stereocenters. The summed E-state index contributed by atoms with van der Waals surface area (Å²) in [5.74, 6) is 0.443. The van der Waals surface area contributed by atoms with Crippen LogP contribution in [0.4, 0.5) is 5.69 Å². The summed E-state index contributed by atoms with van der Waals surface area (Å²) in [7, 11) is 4.03. The average molecular weight is 292 g/mol. The van der Waals surface area contributed by atoms with E-state index in [0.29, 0.717) is 11.6 Å². The Kier molecular flexibility index (Phi) is 7.15. The molecule has 1 aromatic rings. The minimum absolute atomic E-state index is 0.00491. The first-order valence-electron chi connectivity index (χ1n) is 7.58. The normalized spacial score (nSPS) is 11.0. The number of hydrogen-bond acceptors (Lipinski definition) is 4. The Balaban J connectivity index is 2.85. The first-order chi connectivity index (χ1) is 9.93. The summed E-state index contributed by atoms with van der Waals surface area (Å²) in [5, 5.41) is 3.21. The number of likely N-dealkylation sites (N-methyl/N-ethyl adjacent to an activating group) is 1. The fourth-order valence-electron chi connectivity index (χ4n) is 2.06. The summed E-state index contributed by atoms with van der Waals surface area (Å²) >= 11 is 0. The summed E-state index contributed by atoms with van der Waals surface area (Å²) in [5.41, 5.74) is 1.45. The molecule has 0 radical (unpaired) electrons. The second-order valence-electron chi connectivity index (χ2n) is 5.91. The van der Waals surface area contributed by atoms with Crippen molar-refractivity contribution in [3.8, 4) is 0 Å². The highest BCUT2D eigenvalue weighted by Crippen LogP contribution is 2.11. The van der Waals surface area contributed by atoms with Gasteiger partial charge >= 0.3 is 0 Å². The third-order valence-corrected chi connectivity index (χ3v) is 3.05. The van der Waals surface area contributed by atoms with E-state index in [4.69, 9.17) is 0 Å². The lowest BCUT2D eigenvalue weighted by Gasteiger charge is -2.26. The van der Waals surface area contributed by atoms with E-state index in [-0.39, 0.29) is 5.91 Å². The first kappa shape index (κ1) is 17.4. The minimum Gasteiger partial charge on any atom is -0.385 e. The van der Waals surface area contributed by atoms with Crippen LogP contribution in [0.5, 0.6) is 0 Å². The predicted molar refractivity (Wildman–Crippen MR) is 87.7 cm³/mol. The maximum atomic E-state index is 12.7. The quantitative estimate of drug-likeness (QED) is 0.798. The van der Waals surface area contributed by atoms with E-state index in [1.165, 1.54) is 0 Å². The highest BCUT2D eigenvalue weighted by molar-refractivity contribution is 5.93. The van der Waals surface area contributed by atoms with Crippen LogP contribution < -0.4 is 5.32 Å². The molecular formula is C16H28N4O. The highest BCUT2D eigenvalue weighted by atomic mass is 16.2. The van der Waals surface area contributed by atoms with Gasteiger partial charge in [-0.1, -0.05) is 13.8 Å². The fraction of sp³-hybridized carbons (Fsp3) is 0.625. The van der Waals surface area contributed by atoms with Crippen molar-refractivity contribution < 1.29 is 4.79 Å². The van der Waals surface area contributed by atoms with Crippen LogP contribution in [0.1, 0.15) is 31.3 Å². The van der Waals surface area contributed by atoms with Gasteiger partial charge in [-0.25, -0.2) is 0 Å². The van der Waals surface area contributed by atoms with Gasteiger partial charge in [0, 0.05) is 38.1 Å². The number of nitrogens with zero attached hydrogens (tertiary/aromatic N) is 3. The standard InChI is InChI=1S/C16H28N4O/c1-6-17-14-7-8-18-15(11-14)16(21)20(12-13(2)3)10-9-19(4)5/h7-8,11,13H,6,9-10,12H2,1-5H3,(H,17,18). The molecule has 1 N–H and O–H groups in total. The van der Waals surface area contributed by atoms with E-state index in [2.05, 4.69) is 29.0 Å².